The predicted molar refractivity (Wildman–Crippen MR) is 82.4 cm³/mol. The number of rotatable bonds is 8. The van der Waals surface area contributed by atoms with Gasteiger partial charge in [0.2, 0.25) is 0 Å². The summed E-state index contributed by atoms with van der Waals surface area (Å²) >= 11 is 0. The standard InChI is InChI=1S/C16H34N2O/c1-5-7-17-15-8-14(9-16(19)6-2)11-18(12-15)10-13(3)4/h13-17,19H,5-12H2,1-4H3. The highest BCUT2D eigenvalue weighted by Gasteiger charge is 2.28. The summed E-state index contributed by atoms with van der Waals surface area (Å²) < 4.78 is 0. The molecule has 0 saturated carbocycles. The summed E-state index contributed by atoms with van der Waals surface area (Å²) in [4.78, 5) is 2.59. The van der Waals surface area contributed by atoms with Crippen LogP contribution in [-0.4, -0.2) is 48.3 Å². The van der Waals surface area contributed by atoms with Gasteiger partial charge in [-0.3, -0.25) is 0 Å². The molecule has 0 bridgehead atoms. The second kappa shape index (κ2) is 8.93. The Kier molecular flexibility index (Phi) is 7.96. The maximum atomic E-state index is 9.90. The van der Waals surface area contributed by atoms with Crippen LogP contribution < -0.4 is 5.32 Å². The fraction of sp³-hybridized carbons (Fsp3) is 1.00. The van der Waals surface area contributed by atoms with E-state index in [4.69, 9.17) is 0 Å². The molecule has 114 valence electrons. The Morgan fingerprint density at radius 2 is 2.00 bits per heavy atom. The molecular weight excluding hydrogens is 236 g/mol. The van der Waals surface area contributed by atoms with E-state index in [0.717, 1.165) is 25.3 Å². The van der Waals surface area contributed by atoms with Crippen molar-refractivity contribution < 1.29 is 5.11 Å². The van der Waals surface area contributed by atoms with Crippen LogP contribution in [0.25, 0.3) is 0 Å². The number of likely N-dealkylation sites (tertiary alicyclic amines) is 1. The van der Waals surface area contributed by atoms with Crippen molar-refractivity contribution in [1.29, 1.82) is 0 Å². The van der Waals surface area contributed by atoms with Crippen molar-refractivity contribution >= 4 is 0 Å². The summed E-state index contributed by atoms with van der Waals surface area (Å²) in [7, 11) is 0. The van der Waals surface area contributed by atoms with E-state index < -0.39 is 0 Å². The zero-order chi connectivity index (χ0) is 14.3. The largest absolute Gasteiger partial charge is 0.393 e. The lowest BCUT2D eigenvalue weighted by molar-refractivity contribution is 0.0786. The van der Waals surface area contributed by atoms with E-state index in [1.54, 1.807) is 0 Å². The lowest BCUT2D eigenvalue weighted by Gasteiger charge is -2.39. The van der Waals surface area contributed by atoms with Gasteiger partial charge in [0, 0.05) is 25.7 Å². The third-order valence-corrected chi connectivity index (χ3v) is 4.00. The van der Waals surface area contributed by atoms with Crippen molar-refractivity contribution in [2.45, 2.75) is 65.5 Å². The summed E-state index contributed by atoms with van der Waals surface area (Å²) in [6.45, 7) is 13.5. The maximum absolute atomic E-state index is 9.90. The highest BCUT2D eigenvalue weighted by atomic mass is 16.3. The van der Waals surface area contributed by atoms with Gasteiger partial charge in [-0.25, -0.2) is 0 Å². The minimum Gasteiger partial charge on any atom is -0.393 e. The van der Waals surface area contributed by atoms with Crippen molar-refractivity contribution in [3.63, 3.8) is 0 Å². The van der Waals surface area contributed by atoms with Gasteiger partial charge < -0.3 is 15.3 Å². The van der Waals surface area contributed by atoms with Crippen LogP contribution in [0.4, 0.5) is 0 Å². The number of hydrogen-bond acceptors (Lipinski definition) is 3. The van der Waals surface area contributed by atoms with Gasteiger partial charge in [-0.2, -0.15) is 0 Å². The number of piperidine rings is 1. The molecule has 3 atom stereocenters. The van der Waals surface area contributed by atoms with Gasteiger partial charge in [0.1, 0.15) is 0 Å². The molecule has 0 aromatic heterocycles. The molecule has 3 unspecified atom stereocenters. The Labute approximate surface area is 119 Å². The molecule has 1 heterocycles. The van der Waals surface area contributed by atoms with Crippen molar-refractivity contribution in [3.8, 4) is 0 Å². The average Bonchev–Trinajstić information content (AvgIpc) is 2.35. The number of hydrogen-bond donors (Lipinski definition) is 2. The van der Waals surface area contributed by atoms with Crippen LogP contribution in [0.5, 0.6) is 0 Å². The molecule has 0 radical (unpaired) electrons. The summed E-state index contributed by atoms with van der Waals surface area (Å²) in [6, 6.07) is 0.613. The van der Waals surface area contributed by atoms with E-state index in [0.29, 0.717) is 12.0 Å². The topological polar surface area (TPSA) is 35.5 Å². The van der Waals surface area contributed by atoms with Gasteiger partial charge in [0.15, 0.2) is 0 Å². The van der Waals surface area contributed by atoms with Gasteiger partial charge in [-0.15, -0.1) is 0 Å². The van der Waals surface area contributed by atoms with Crippen LogP contribution in [0.15, 0.2) is 0 Å². The summed E-state index contributed by atoms with van der Waals surface area (Å²) in [5.41, 5.74) is 0. The quantitative estimate of drug-likeness (QED) is 0.711. The Balaban J connectivity index is 2.50. The summed E-state index contributed by atoms with van der Waals surface area (Å²) in [5.74, 6) is 1.37. The molecule has 0 aromatic carbocycles. The van der Waals surface area contributed by atoms with Crippen LogP contribution >= 0.6 is 0 Å². The average molecular weight is 270 g/mol. The Morgan fingerprint density at radius 1 is 1.26 bits per heavy atom. The minimum atomic E-state index is -0.115. The van der Waals surface area contributed by atoms with Crippen LogP contribution in [-0.2, 0) is 0 Å². The molecule has 1 rings (SSSR count). The lowest BCUT2D eigenvalue weighted by Crippen LogP contribution is -2.50. The molecule has 1 aliphatic heterocycles. The SMILES string of the molecule is CCCNC1CC(CC(O)CC)CN(CC(C)C)C1. The van der Waals surface area contributed by atoms with E-state index in [1.807, 2.05) is 0 Å². The van der Waals surface area contributed by atoms with Gasteiger partial charge in [0.25, 0.3) is 0 Å². The number of nitrogens with zero attached hydrogens (tertiary/aromatic N) is 1. The molecule has 3 nitrogen and oxygen atoms in total. The van der Waals surface area contributed by atoms with E-state index in [9.17, 15) is 5.11 Å². The smallest absolute Gasteiger partial charge is 0.0540 e. The molecule has 0 aromatic rings. The molecule has 1 aliphatic rings. The predicted octanol–water partition coefficient (Wildman–Crippen LogP) is 2.49. The van der Waals surface area contributed by atoms with Gasteiger partial charge in [-0.05, 0) is 44.1 Å². The van der Waals surface area contributed by atoms with Gasteiger partial charge in [-0.1, -0.05) is 27.7 Å². The monoisotopic (exact) mass is 270 g/mol. The molecule has 0 spiro atoms. The summed E-state index contributed by atoms with van der Waals surface area (Å²) in [5, 5.41) is 13.6. The molecule has 3 heteroatoms. The first-order chi connectivity index (χ1) is 9.05. The van der Waals surface area contributed by atoms with Crippen molar-refractivity contribution in [2.24, 2.45) is 11.8 Å². The lowest BCUT2D eigenvalue weighted by atomic mass is 9.88. The van der Waals surface area contributed by atoms with Crippen LogP contribution in [0.3, 0.4) is 0 Å². The fourth-order valence-electron chi connectivity index (χ4n) is 3.19. The molecule has 0 aliphatic carbocycles. The number of aliphatic hydroxyl groups excluding tert-OH is 1. The van der Waals surface area contributed by atoms with Crippen LogP contribution in [0, 0.1) is 11.8 Å². The van der Waals surface area contributed by atoms with E-state index in [1.165, 1.54) is 32.5 Å². The molecule has 1 fully saturated rings. The van der Waals surface area contributed by atoms with Crippen LogP contribution in [0.1, 0.15) is 53.4 Å². The van der Waals surface area contributed by atoms with Crippen molar-refractivity contribution in [2.75, 3.05) is 26.2 Å². The molecule has 19 heavy (non-hydrogen) atoms. The second-order valence-electron chi connectivity index (χ2n) is 6.66. The third kappa shape index (κ3) is 6.73. The Morgan fingerprint density at radius 3 is 2.58 bits per heavy atom. The first-order valence-corrected chi connectivity index (χ1v) is 8.18. The highest BCUT2D eigenvalue weighted by Crippen LogP contribution is 2.23. The molecule has 2 N–H and O–H groups in total. The Bertz CT molecular complexity index is 233. The summed E-state index contributed by atoms with van der Waals surface area (Å²) in [6.07, 6.45) is 4.16. The van der Waals surface area contributed by atoms with Crippen molar-refractivity contribution in [3.05, 3.63) is 0 Å². The van der Waals surface area contributed by atoms with E-state index >= 15 is 0 Å². The van der Waals surface area contributed by atoms with Crippen LogP contribution in [0.2, 0.25) is 0 Å². The number of nitrogens with one attached hydrogen (secondary N) is 1. The zero-order valence-electron chi connectivity index (χ0n) is 13.4. The number of aliphatic hydroxyl groups is 1. The minimum absolute atomic E-state index is 0.115. The van der Waals surface area contributed by atoms with Gasteiger partial charge in [0.05, 0.1) is 6.10 Å². The fourth-order valence-corrected chi connectivity index (χ4v) is 3.19. The second-order valence-corrected chi connectivity index (χ2v) is 6.66. The first-order valence-electron chi connectivity index (χ1n) is 8.18. The van der Waals surface area contributed by atoms with Gasteiger partial charge >= 0.3 is 0 Å². The molecular formula is C16H34N2O. The van der Waals surface area contributed by atoms with Crippen molar-refractivity contribution in [1.82, 2.24) is 10.2 Å². The molecule has 1 saturated heterocycles. The van der Waals surface area contributed by atoms with E-state index in [2.05, 4.69) is 37.9 Å². The third-order valence-electron chi connectivity index (χ3n) is 4.00. The first kappa shape index (κ1) is 16.9. The molecule has 0 amide bonds. The maximum Gasteiger partial charge on any atom is 0.0540 e. The Hall–Kier alpha value is -0.120. The zero-order valence-corrected chi connectivity index (χ0v) is 13.4. The van der Waals surface area contributed by atoms with E-state index in [-0.39, 0.29) is 6.10 Å². The highest BCUT2D eigenvalue weighted by molar-refractivity contribution is 4.84. The normalized spacial score (nSPS) is 26.8.